The number of anilines is 3. The van der Waals surface area contributed by atoms with E-state index in [2.05, 4.69) is 15.3 Å². The number of ether oxygens (including phenoxy) is 2. The third-order valence-corrected chi connectivity index (χ3v) is 6.10. The third-order valence-electron chi connectivity index (χ3n) is 6.10. The summed E-state index contributed by atoms with van der Waals surface area (Å²) in [4.78, 5) is 36.1. The number of ketones is 1. The fourth-order valence-corrected chi connectivity index (χ4v) is 4.40. The molecule has 0 unspecified atom stereocenters. The second-order valence-electron chi connectivity index (χ2n) is 8.57. The second kappa shape index (κ2) is 9.79. The van der Waals surface area contributed by atoms with E-state index in [9.17, 15) is 9.59 Å². The molecule has 1 aliphatic rings. The lowest BCUT2D eigenvalue weighted by atomic mass is 10.1. The Morgan fingerprint density at radius 3 is 2.67 bits per heavy atom. The third kappa shape index (κ3) is 4.52. The van der Waals surface area contributed by atoms with E-state index in [-0.39, 0.29) is 11.3 Å². The van der Waals surface area contributed by atoms with E-state index in [0.717, 1.165) is 16.9 Å². The smallest absolute Gasteiger partial charge is 0.349 e. The summed E-state index contributed by atoms with van der Waals surface area (Å²) < 4.78 is 16.5. The molecule has 0 saturated carbocycles. The quantitative estimate of drug-likeness (QED) is 0.314. The fourth-order valence-electron chi connectivity index (χ4n) is 4.40. The average molecular weight is 487 g/mol. The average Bonchev–Trinajstić information content (AvgIpc) is 2.88. The van der Waals surface area contributed by atoms with Gasteiger partial charge in [-0.3, -0.25) is 4.79 Å². The molecule has 9 nitrogen and oxygen atoms in total. The molecular weight excluding hydrogens is 460 g/mol. The molecule has 36 heavy (non-hydrogen) atoms. The van der Waals surface area contributed by atoms with Crippen molar-refractivity contribution in [3.8, 4) is 17.0 Å². The van der Waals surface area contributed by atoms with Gasteiger partial charge in [0.25, 0.3) is 0 Å². The minimum absolute atomic E-state index is 0.0631. The number of benzene rings is 2. The molecule has 0 aliphatic carbocycles. The molecule has 0 bridgehead atoms. The van der Waals surface area contributed by atoms with Crippen LogP contribution in [0.3, 0.4) is 0 Å². The summed E-state index contributed by atoms with van der Waals surface area (Å²) in [6, 6.07) is 13.1. The summed E-state index contributed by atoms with van der Waals surface area (Å²) in [5, 5.41) is 3.87. The van der Waals surface area contributed by atoms with Gasteiger partial charge in [-0.25, -0.2) is 14.8 Å². The number of methoxy groups -OCH3 is 1. The van der Waals surface area contributed by atoms with Gasteiger partial charge >= 0.3 is 5.63 Å². The van der Waals surface area contributed by atoms with Gasteiger partial charge in [0, 0.05) is 42.0 Å². The first kappa shape index (κ1) is 23.5. The zero-order chi connectivity index (χ0) is 25.2. The van der Waals surface area contributed by atoms with Gasteiger partial charge < -0.3 is 24.1 Å². The number of fused-ring (bicyclic) bond motifs is 1. The normalized spacial score (nSPS) is 13.6. The molecule has 1 aliphatic heterocycles. The maximum absolute atomic E-state index is 12.8. The van der Waals surface area contributed by atoms with Gasteiger partial charge in [0.15, 0.2) is 5.78 Å². The number of rotatable bonds is 6. The molecule has 5 rings (SSSR count). The number of carbonyl (C=O) groups is 1. The Bertz CT molecular complexity index is 1510. The molecule has 0 amide bonds. The summed E-state index contributed by atoms with van der Waals surface area (Å²) in [5.41, 5.74) is 3.65. The van der Waals surface area contributed by atoms with Crippen LogP contribution < -0.4 is 20.6 Å². The summed E-state index contributed by atoms with van der Waals surface area (Å²) >= 11 is 0. The Kier molecular flexibility index (Phi) is 6.39. The number of Topliss-reactive ketones (excluding diaryl/α,β-unsaturated/α-hetero) is 1. The first-order valence-electron chi connectivity index (χ1n) is 11.6. The Balaban J connectivity index is 1.52. The molecule has 184 valence electrons. The largest absolute Gasteiger partial charge is 0.496 e. The van der Waals surface area contributed by atoms with E-state index in [1.807, 2.05) is 48.2 Å². The molecule has 2 aromatic carbocycles. The minimum Gasteiger partial charge on any atom is -0.496 e. The number of carbonyl (C=O) groups excluding carboxylic acids is 1. The van der Waals surface area contributed by atoms with Crippen LogP contribution in [0, 0.1) is 6.92 Å². The Morgan fingerprint density at radius 1 is 1.11 bits per heavy atom. The molecule has 1 N–H and O–H groups in total. The van der Waals surface area contributed by atoms with Gasteiger partial charge in [-0.1, -0.05) is 6.07 Å². The molecule has 4 aromatic rings. The van der Waals surface area contributed by atoms with Crippen molar-refractivity contribution >= 4 is 34.1 Å². The summed E-state index contributed by atoms with van der Waals surface area (Å²) in [7, 11) is 1.63. The lowest BCUT2D eigenvalue weighted by molar-refractivity contribution is 0.101. The zero-order valence-corrected chi connectivity index (χ0v) is 20.3. The molecule has 0 radical (unpaired) electrons. The standard InChI is InChI=1S/C27H26N4O5/c1-16-4-6-19(22(14-16)34-3)21-8-9-28-27(30-21)29-18-5-7-20-23(15-18)36-26(33)24(17(2)32)25(20)31-10-12-35-13-11-31/h4-9,14-15H,10-13H2,1-3H3,(H,28,29,30). The summed E-state index contributed by atoms with van der Waals surface area (Å²) in [6.07, 6.45) is 1.67. The monoisotopic (exact) mass is 486 g/mol. The molecule has 3 heterocycles. The number of nitrogens with one attached hydrogen (secondary N) is 1. The van der Waals surface area contributed by atoms with E-state index in [4.69, 9.17) is 13.9 Å². The first-order valence-corrected chi connectivity index (χ1v) is 11.6. The maximum Gasteiger partial charge on any atom is 0.349 e. The number of hydrogen-bond acceptors (Lipinski definition) is 9. The Morgan fingerprint density at radius 2 is 1.92 bits per heavy atom. The van der Waals surface area contributed by atoms with Gasteiger partial charge in [0.1, 0.15) is 16.9 Å². The van der Waals surface area contributed by atoms with Crippen LogP contribution in [0.15, 0.2) is 57.9 Å². The number of aryl methyl sites for hydroxylation is 1. The molecule has 0 atom stereocenters. The van der Waals surface area contributed by atoms with Gasteiger partial charge in [0.2, 0.25) is 5.95 Å². The Labute approximate surface area is 207 Å². The number of morpholine rings is 1. The van der Waals surface area contributed by atoms with E-state index in [1.165, 1.54) is 6.92 Å². The van der Waals surface area contributed by atoms with Crippen LogP contribution in [0.5, 0.6) is 5.75 Å². The van der Waals surface area contributed by atoms with Gasteiger partial charge in [-0.15, -0.1) is 0 Å². The first-order chi connectivity index (χ1) is 17.4. The Hall–Kier alpha value is -4.24. The summed E-state index contributed by atoms with van der Waals surface area (Å²) in [6.45, 7) is 5.60. The molecule has 1 saturated heterocycles. The molecule has 1 fully saturated rings. The number of nitrogens with zero attached hydrogens (tertiary/aromatic N) is 3. The number of aromatic nitrogens is 2. The van der Waals surface area contributed by atoms with Crippen LogP contribution in [-0.2, 0) is 4.74 Å². The highest BCUT2D eigenvalue weighted by Crippen LogP contribution is 2.33. The molecular formula is C27H26N4O5. The number of hydrogen-bond donors (Lipinski definition) is 1. The van der Waals surface area contributed by atoms with Crippen molar-refractivity contribution in [2.45, 2.75) is 13.8 Å². The van der Waals surface area contributed by atoms with Gasteiger partial charge in [-0.05, 0) is 49.7 Å². The fraction of sp³-hybridized carbons (Fsp3) is 0.259. The van der Waals surface area contributed by atoms with Crippen LogP contribution in [0.2, 0.25) is 0 Å². The van der Waals surface area contributed by atoms with Crippen LogP contribution in [0.25, 0.3) is 22.2 Å². The predicted molar refractivity (Wildman–Crippen MR) is 138 cm³/mol. The molecule has 2 aromatic heterocycles. The highest BCUT2D eigenvalue weighted by molar-refractivity contribution is 6.07. The van der Waals surface area contributed by atoms with Crippen LogP contribution in [0.4, 0.5) is 17.3 Å². The lowest BCUT2D eigenvalue weighted by Gasteiger charge is -2.30. The van der Waals surface area contributed by atoms with Crippen molar-refractivity contribution in [2.24, 2.45) is 0 Å². The van der Waals surface area contributed by atoms with Crippen LogP contribution in [-0.4, -0.2) is 49.2 Å². The van der Waals surface area contributed by atoms with E-state index in [0.29, 0.717) is 60.3 Å². The highest BCUT2D eigenvalue weighted by atomic mass is 16.5. The van der Waals surface area contributed by atoms with Crippen LogP contribution >= 0.6 is 0 Å². The van der Waals surface area contributed by atoms with Gasteiger partial charge in [-0.2, -0.15) is 0 Å². The van der Waals surface area contributed by atoms with E-state index >= 15 is 0 Å². The topological polar surface area (TPSA) is 107 Å². The van der Waals surface area contributed by atoms with E-state index in [1.54, 1.807) is 19.4 Å². The summed E-state index contributed by atoms with van der Waals surface area (Å²) in [5.74, 6) is 0.778. The molecule has 9 heteroatoms. The van der Waals surface area contributed by atoms with Crippen molar-refractivity contribution < 1.29 is 18.7 Å². The maximum atomic E-state index is 12.8. The second-order valence-corrected chi connectivity index (χ2v) is 8.57. The SMILES string of the molecule is COc1cc(C)ccc1-c1ccnc(Nc2ccc3c(N4CCOCC4)c(C(C)=O)c(=O)oc3c2)n1. The van der Waals surface area contributed by atoms with Crippen molar-refractivity contribution in [3.05, 3.63) is 70.2 Å². The van der Waals surface area contributed by atoms with Crippen molar-refractivity contribution in [3.63, 3.8) is 0 Å². The zero-order valence-electron chi connectivity index (χ0n) is 20.3. The highest BCUT2D eigenvalue weighted by Gasteiger charge is 2.24. The minimum atomic E-state index is -0.654. The van der Waals surface area contributed by atoms with E-state index < -0.39 is 5.63 Å². The molecule has 0 spiro atoms. The van der Waals surface area contributed by atoms with Crippen molar-refractivity contribution in [2.75, 3.05) is 43.6 Å². The van der Waals surface area contributed by atoms with Crippen LogP contribution in [0.1, 0.15) is 22.8 Å². The van der Waals surface area contributed by atoms with Crippen molar-refractivity contribution in [1.29, 1.82) is 0 Å². The van der Waals surface area contributed by atoms with Crippen molar-refractivity contribution in [1.82, 2.24) is 9.97 Å². The predicted octanol–water partition coefficient (Wildman–Crippen LogP) is 4.35. The van der Waals surface area contributed by atoms with Gasteiger partial charge in [0.05, 0.1) is 31.7 Å². The lowest BCUT2D eigenvalue weighted by Crippen LogP contribution is -2.38.